The van der Waals surface area contributed by atoms with E-state index in [4.69, 9.17) is 9.15 Å². The number of para-hydroxylation sites is 1. The van der Waals surface area contributed by atoms with Crippen molar-refractivity contribution in [2.75, 3.05) is 0 Å². The molecule has 1 aromatic carbocycles. The van der Waals surface area contributed by atoms with Gasteiger partial charge in [0.05, 0.1) is 0 Å². The Morgan fingerprint density at radius 1 is 1.15 bits per heavy atom. The molecular formula is C16H16N2O2. The number of rotatable bonds is 3. The third kappa shape index (κ3) is 2.37. The number of hydrogen-bond acceptors (Lipinski definition) is 4. The van der Waals surface area contributed by atoms with Gasteiger partial charge in [-0.1, -0.05) is 18.2 Å². The molecule has 102 valence electrons. The molecule has 4 nitrogen and oxygen atoms in total. The molecule has 0 aliphatic carbocycles. The van der Waals surface area contributed by atoms with E-state index >= 15 is 0 Å². The first-order chi connectivity index (χ1) is 9.63. The van der Waals surface area contributed by atoms with Crippen LogP contribution in [0, 0.1) is 20.8 Å². The summed E-state index contributed by atoms with van der Waals surface area (Å²) < 4.78 is 11.4. The molecule has 4 heteroatoms. The Balaban J connectivity index is 1.83. The Kier molecular flexibility index (Phi) is 3.14. The van der Waals surface area contributed by atoms with Gasteiger partial charge in [0, 0.05) is 6.20 Å². The Morgan fingerprint density at radius 3 is 2.65 bits per heavy atom. The highest BCUT2D eigenvalue weighted by molar-refractivity contribution is 5.68. The van der Waals surface area contributed by atoms with Crippen LogP contribution >= 0.6 is 0 Å². The Labute approximate surface area is 117 Å². The number of ether oxygens (including phenoxy) is 1. The molecule has 0 aliphatic rings. The molecule has 0 atom stereocenters. The molecule has 0 radical (unpaired) electrons. The summed E-state index contributed by atoms with van der Waals surface area (Å²) >= 11 is 0. The molecule has 3 rings (SSSR count). The molecule has 0 fully saturated rings. The lowest BCUT2D eigenvalue weighted by Crippen LogP contribution is -1.98. The largest absolute Gasteiger partial charge is 0.483 e. The minimum Gasteiger partial charge on any atom is -0.483 e. The van der Waals surface area contributed by atoms with Gasteiger partial charge in [-0.25, -0.2) is 9.97 Å². The van der Waals surface area contributed by atoms with Crippen molar-refractivity contribution >= 4 is 11.2 Å². The summed E-state index contributed by atoms with van der Waals surface area (Å²) in [6.45, 7) is 6.34. The Morgan fingerprint density at radius 2 is 1.90 bits per heavy atom. The van der Waals surface area contributed by atoms with Crippen molar-refractivity contribution in [2.45, 2.75) is 27.4 Å². The maximum Gasteiger partial charge on any atom is 0.247 e. The van der Waals surface area contributed by atoms with Crippen LogP contribution in [0.25, 0.3) is 11.2 Å². The van der Waals surface area contributed by atoms with Crippen molar-refractivity contribution in [1.29, 1.82) is 0 Å². The first kappa shape index (κ1) is 12.7. The number of oxazole rings is 1. The highest BCUT2D eigenvalue weighted by Gasteiger charge is 2.09. The molecule has 0 N–H and O–H groups in total. The summed E-state index contributed by atoms with van der Waals surface area (Å²) in [5.41, 5.74) is 4.60. The third-order valence-electron chi connectivity index (χ3n) is 3.18. The average molecular weight is 268 g/mol. The number of nitrogens with zero attached hydrogens (tertiary/aromatic N) is 2. The van der Waals surface area contributed by atoms with Gasteiger partial charge in [-0.3, -0.25) is 0 Å². The standard InChI is InChI=1S/C16H16N2O2/c1-10-7-13-16(17-8-10)20-14(18-13)9-19-15-11(2)5-4-6-12(15)3/h4-8H,9H2,1-3H3. The quantitative estimate of drug-likeness (QED) is 0.726. The highest BCUT2D eigenvalue weighted by atomic mass is 16.5. The van der Waals surface area contributed by atoms with E-state index in [1.807, 2.05) is 45.0 Å². The summed E-state index contributed by atoms with van der Waals surface area (Å²) in [4.78, 5) is 8.60. The van der Waals surface area contributed by atoms with Crippen LogP contribution in [0.2, 0.25) is 0 Å². The van der Waals surface area contributed by atoms with Crippen molar-refractivity contribution in [3.8, 4) is 5.75 Å². The van der Waals surface area contributed by atoms with Crippen molar-refractivity contribution in [1.82, 2.24) is 9.97 Å². The lowest BCUT2D eigenvalue weighted by molar-refractivity contribution is 0.263. The second-order valence-electron chi connectivity index (χ2n) is 4.95. The first-order valence-electron chi connectivity index (χ1n) is 6.54. The van der Waals surface area contributed by atoms with Crippen molar-refractivity contribution in [2.24, 2.45) is 0 Å². The van der Waals surface area contributed by atoms with Crippen LogP contribution < -0.4 is 4.74 Å². The molecule has 20 heavy (non-hydrogen) atoms. The Bertz CT molecular complexity index is 742. The minimum absolute atomic E-state index is 0.307. The summed E-state index contributed by atoms with van der Waals surface area (Å²) in [7, 11) is 0. The second-order valence-corrected chi connectivity index (χ2v) is 4.95. The molecule has 3 aromatic rings. The summed E-state index contributed by atoms with van der Waals surface area (Å²) in [6, 6.07) is 8.02. The van der Waals surface area contributed by atoms with Gasteiger partial charge in [-0.2, -0.15) is 0 Å². The number of aryl methyl sites for hydroxylation is 3. The number of pyridine rings is 1. The SMILES string of the molecule is Cc1cnc2oc(COc3c(C)cccc3C)nc2c1. The molecule has 0 unspecified atom stereocenters. The average Bonchev–Trinajstić information content (AvgIpc) is 2.80. The summed E-state index contributed by atoms with van der Waals surface area (Å²) in [6.07, 6.45) is 1.77. The smallest absolute Gasteiger partial charge is 0.247 e. The van der Waals surface area contributed by atoms with Crippen LogP contribution in [-0.2, 0) is 6.61 Å². The van der Waals surface area contributed by atoms with Gasteiger partial charge in [0.1, 0.15) is 11.3 Å². The fourth-order valence-electron chi connectivity index (χ4n) is 2.19. The second kappa shape index (κ2) is 4.96. The fraction of sp³-hybridized carbons (Fsp3) is 0.250. The van der Waals surface area contributed by atoms with E-state index in [9.17, 15) is 0 Å². The first-order valence-corrected chi connectivity index (χ1v) is 6.54. The molecule has 0 saturated carbocycles. The van der Waals surface area contributed by atoms with E-state index in [1.165, 1.54) is 0 Å². The zero-order chi connectivity index (χ0) is 14.1. The van der Waals surface area contributed by atoms with Gasteiger partial charge in [0.2, 0.25) is 11.6 Å². The van der Waals surface area contributed by atoms with Crippen molar-refractivity contribution in [3.63, 3.8) is 0 Å². The Hall–Kier alpha value is -2.36. The highest BCUT2D eigenvalue weighted by Crippen LogP contribution is 2.24. The maximum absolute atomic E-state index is 5.83. The van der Waals surface area contributed by atoms with Crippen LogP contribution in [-0.4, -0.2) is 9.97 Å². The molecular weight excluding hydrogens is 252 g/mol. The zero-order valence-corrected chi connectivity index (χ0v) is 11.8. The van der Waals surface area contributed by atoms with Crippen LogP contribution in [0.3, 0.4) is 0 Å². The number of aromatic nitrogens is 2. The van der Waals surface area contributed by atoms with Crippen molar-refractivity contribution < 1.29 is 9.15 Å². The van der Waals surface area contributed by atoms with Gasteiger partial charge in [0.25, 0.3) is 0 Å². The molecule has 0 spiro atoms. The van der Waals surface area contributed by atoms with E-state index in [-0.39, 0.29) is 0 Å². The van der Waals surface area contributed by atoms with Crippen LogP contribution in [0.5, 0.6) is 5.75 Å². The van der Waals surface area contributed by atoms with Crippen LogP contribution in [0.1, 0.15) is 22.6 Å². The molecule has 2 heterocycles. The molecule has 0 saturated heterocycles. The summed E-state index contributed by atoms with van der Waals surface area (Å²) in [5, 5.41) is 0. The van der Waals surface area contributed by atoms with Gasteiger partial charge < -0.3 is 9.15 Å². The normalized spacial score (nSPS) is 10.9. The van der Waals surface area contributed by atoms with E-state index in [0.717, 1.165) is 28.0 Å². The predicted molar refractivity (Wildman–Crippen MR) is 76.8 cm³/mol. The van der Waals surface area contributed by atoms with E-state index in [1.54, 1.807) is 6.20 Å². The number of benzene rings is 1. The fourth-order valence-corrected chi connectivity index (χ4v) is 2.19. The van der Waals surface area contributed by atoms with Gasteiger partial charge in [-0.15, -0.1) is 0 Å². The van der Waals surface area contributed by atoms with Crippen LogP contribution in [0.15, 0.2) is 34.9 Å². The van der Waals surface area contributed by atoms with Crippen molar-refractivity contribution in [3.05, 3.63) is 53.0 Å². The van der Waals surface area contributed by atoms with Gasteiger partial charge in [-0.05, 0) is 43.5 Å². The molecule has 0 bridgehead atoms. The van der Waals surface area contributed by atoms with E-state index < -0.39 is 0 Å². The maximum atomic E-state index is 5.83. The zero-order valence-electron chi connectivity index (χ0n) is 11.8. The summed E-state index contributed by atoms with van der Waals surface area (Å²) in [5.74, 6) is 1.43. The molecule has 0 aliphatic heterocycles. The monoisotopic (exact) mass is 268 g/mol. The lowest BCUT2D eigenvalue weighted by Gasteiger charge is -2.09. The number of hydrogen-bond donors (Lipinski definition) is 0. The lowest BCUT2D eigenvalue weighted by atomic mass is 10.1. The predicted octanol–water partition coefficient (Wildman–Crippen LogP) is 3.73. The van der Waals surface area contributed by atoms with Gasteiger partial charge in [0.15, 0.2) is 6.61 Å². The minimum atomic E-state index is 0.307. The van der Waals surface area contributed by atoms with E-state index in [0.29, 0.717) is 18.2 Å². The molecule has 0 amide bonds. The van der Waals surface area contributed by atoms with E-state index in [2.05, 4.69) is 9.97 Å². The topological polar surface area (TPSA) is 48.2 Å². The van der Waals surface area contributed by atoms with Crippen LogP contribution in [0.4, 0.5) is 0 Å². The molecule has 2 aromatic heterocycles. The van der Waals surface area contributed by atoms with Gasteiger partial charge >= 0.3 is 0 Å². The third-order valence-corrected chi connectivity index (χ3v) is 3.18. The number of fused-ring (bicyclic) bond motifs is 1.